The molecule has 0 unspecified atom stereocenters. The number of hydrogen-bond acceptors (Lipinski definition) is 5. The van der Waals surface area contributed by atoms with Crippen molar-refractivity contribution in [2.45, 2.75) is 49.8 Å². The third-order valence-electron chi connectivity index (χ3n) is 5.44. The fourth-order valence-electron chi connectivity index (χ4n) is 4.00. The van der Waals surface area contributed by atoms with Crippen molar-refractivity contribution in [2.24, 2.45) is 0 Å². The Morgan fingerprint density at radius 2 is 1.68 bits per heavy atom. The first-order valence-corrected chi connectivity index (χ1v) is 11.8. The quantitative estimate of drug-likeness (QED) is 0.760. The summed E-state index contributed by atoms with van der Waals surface area (Å²) >= 11 is 2.18. The molecule has 0 aromatic rings. The van der Waals surface area contributed by atoms with E-state index in [1.807, 2.05) is 0 Å². The lowest BCUT2D eigenvalue weighted by molar-refractivity contribution is 0.109. The predicted octanol–water partition coefficient (Wildman–Crippen LogP) is 1.86. The normalized spacial score (nSPS) is 31.5. The number of thioether (sulfide) groups is 1. The van der Waals surface area contributed by atoms with Gasteiger partial charge in [-0.1, -0.05) is 19.3 Å². The second-order valence-corrected chi connectivity index (χ2v) is 10.7. The van der Waals surface area contributed by atoms with Crippen molar-refractivity contribution in [3.05, 3.63) is 0 Å². The molecule has 4 nitrogen and oxygen atoms in total. The number of hydrogen-bond donors (Lipinski definition) is 0. The van der Waals surface area contributed by atoms with Gasteiger partial charge in [-0.25, -0.2) is 8.42 Å². The van der Waals surface area contributed by atoms with Crippen molar-refractivity contribution in [1.82, 2.24) is 9.80 Å². The lowest BCUT2D eigenvalue weighted by atomic mass is 10.0. The molecule has 2 aliphatic heterocycles. The molecule has 0 aromatic heterocycles. The van der Waals surface area contributed by atoms with Crippen LogP contribution in [0.4, 0.5) is 0 Å². The average Bonchev–Trinajstić information content (AvgIpc) is 2.89. The van der Waals surface area contributed by atoms with E-state index in [4.69, 9.17) is 0 Å². The second kappa shape index (κ2) is 7.86. The summed E-state index contributed by atoms with van der Waals surface area (Å²) in [7, 11) is -2.74. The lowest BCUT2D eigenvalue weighted by Crippen LogP contribution is -2.51. The van der Waals surface area contributed by atoms with Crippen molar-refractivity contribution < 1.29 is 8.42 Å². The Morgan fingerprint density at radius 3 is 2.32 bits per heavy atom. The van der Waals surface area contributed by atoms with Gasteiger partial charge in [-0.3, -0.25) is 9.80 Å². The summed E-state index contributed by atoms with van der Waals surface area (Å²) in [6, 6.07) is 0.295. The summed E-state index contributed by atoms with van der Waals surface area (Å²) in [5.41, 5.74) is 0. The molecule has 0 bridgehead atoms. The molecule has 3 rings (SSSR count). The third-order valence-corrected chi connectivity index (χ3v) is 8.56. The zero-order valence-electron chi connectivity index (χ0n) is 13.6. The molecule has 0 N–H and O–H groups in total. The van der Waals surface area contributed by atoms with Crippen LogP contribution in [0.15, 0.2) is 0 Å². The predicted molar refractivity (Wildman–Crippen MR) is 94.4 cm³/mol. The Balaban J connectivity index is 1.32. The fourth-order valence-corrected chi connectivity index (χ4v) is 7.12. The van der Waals surface area contributed by atoms with Gasteiger partial charge in [-0.05, 0) is 19.3 Å². The Labute approximate surface area is 139 Å². The van der Waals surface area contributed by atoms with Crippen LogP contribution in [0.3, 0.4) is 0 Å². The second-order valence-electron chi connectivity index (χ2n) is 7.07. The molecule has 22 heavy (non-hydrogen) atoms. The van der Waals surface area contributed by atoms with Crippen LogP contribution in [0, 0.1) is 0 Å². The molecule has 0 spiro atoms. The van der Waals surface area contributed by atoms with Crippen LogP contribution < -0.4 is 0 Å². The fraction of sp³-hybridized carbons (Fsp3) is 1.00. The molecule has 2 saturated heterocycles. The van der Waals surface area contributed by atoms with Gasteiger partial charge in [0, 0.05) is 49.8 Å². The molecule has 1 atom stereocenters. The Morgan fingerprint density at radius 1 is 0.955 bits per heavy atom. The SMILES string of the molecule is O=S1(=O)CC[C@@H](N2CCN(CCSC3CCCCC3)CC2)C1. The zero-order chi connectivity index (χ0) is 15.4. The number of piperazine rings is 1. The monoisotopic (exact) mass is 346 g/mol. The van der Waals surface area contributed by atoms with Crippen LogP contribution >= 0.6 is 11.8 Å². The van der Waals surface area contributed by atoms with Gasteiger partial charge in [0.1, 0.15) is 0 Å². The van der Waals surface area contributed by atoms with E-state index in [0.717, 1.165) is 37.8 Å². The van der Waals surface area contributed by atoms with E-state index >= 15 is 0 Å². The Kier molecular flexibility index (Phi) is 6.09. The highest BCUT2D eigenvalue weighted by atomic mass is 32.2. The van der Waals surface area contributed by atoms with Gasteiger partial charge in [0.2, 0.25) is 0 Å². The summed E-state index contributed by atoms with van der Waals surface area (Å²) < 4.78 is 23.2. The first-order valence-electron chi connectivity index (χ1n) is 8.91. The molecule has 2 heterocycles. The maximum Gasteiger partial charge on any atom is 0.151 e. The smallest absolute Gasteiger partial charge is 0.151 e. The highest BCUT2D eigenvalue weighted by Crippen LogP contribution is 2.28. The summed E-state index contributed by atoms with van der Waals surface area (Å²) in [6.07, 6.45) is 8.00. The summed E-state index contributed by atoms with van der Waals surface area (Å²) in [4.78, 5) is 4.98. The molecule has 3 fully saturated rings. The molecule has 1 aliphatic carbocycles. The number of sulfone groups is 1. The minimum Gasteiger partial charge on any atom is -0.300 e. The highest BCUT2D eigenvalue weighted by molar-refractivity contribution is 7.99. The number of rotatable bonds is 5. The van der Waals surface area contributed by atoms with E-state index in [9.17, 15) is 8.42 Å². The van der Waals surface area contributed by atoms with Gasteiger partial charge in [0.05, 0.1) is 11.5 Å². The molecule has 0 radical (unpaired) electrons. The molecular formula is C16H30N2O2S2. The summed E-state index contributed by atoms with van der Waals surface area (Å²) in [5, 5.41) is 0.915. The van der Waals surface area contributed by atoms with Gasteiger partial charge in [0.25, 0.3) is 0 Å². The number of nitrogens with zero attached hydrogens (tertiary/aromatic N) is 2. The first-order chi connectivity index (χ1) is 10.6. The lowest BCUT2D eigenvalue weighted by Gasteiger charge is -2.37. The van der Waals surface area contributed by atoms with E-state index < -0.39 is 9.84 Å². The molecule has 0 amide bonds. The van der Waals surface area contributed by atoms with Crippen LogP contribution in [0.25, 0.3) is 0 Å². The summed E-state index contributed by atoms with van der Waals surface area (Å²) in [6.45, 7) is 5.53. The van der Waals surface area contributed by atoms with Gasteiger partial charge >= 0.3 is 0 Å². The minimum atomic E-state index is -2.74. The minimum absolute atomic E-state index is 0.295. The standard InChI is InChI=1S/C16H30N2O2S2/c19-22(20)13-6-15(14-22)18-9-7-17(8-10-18)11-12-21-16-4-2-1-3-5-16/h15-16H,1-14H2/t15-/m1/s1. The van der Waals surface area contributed by atoms with E-state index in [1.54, 1.807) is 0 Å². The maximum atomic E-state index is 11.6. The highest BCUT2D eigenvalue weighted by Gasteiger charge is 2.33. The third kappa shape index (κ3) is 4.86. The molecule has 1 saturated carbocycles. The van der Waals surface area contributed by atoms with Crippen molar-refractivity contribution >= 4 is 21.6 Å². The van der Waals surface area contributed by atoms with Crippen LogP contribution in [0.1, 0.15) is 38.5 Å². The van der Waals surface area contributed by atoms with E-state index in [0.29, 0.717) is 17.5 Å². The molecular weight excluding hydrogens is 316 g/mol. The van der Waals surface area contributed by atoms with Crippen LogP contribution in [0.5, 0.6) is 0 Å². The summed E-state index contributed by atoms with van der Waals surface area (Å²) in [5.74, 6) is 2.06. The van der Waals surface area contributed by atoms with Crippen LogP contribution in [-0.2, 0) is 9.84 Å². The largest absolute Gasteiger partial charge is 0.300 e. The van der Waals surface area contributed by atoms with Crippen LogP contribution in [0.2, 0.25) is 0 Å². The zero-order valence-corrected chi connectivity index (χ0v) is 15.2. The van der Waals surface area contributed by atoms with Gasteiger partial charge < -0.3 is 0 Å². The van der Waals surface area contributed by atoms with Crippen molar-refractivity contribution in [1.29, 1.82) is 0 Å². The van der Waals surface area contributed by atoms with Gasteiger partial charge in [-0.2, -0.15) is 11.8 Å². The van der Waals surface area contributed by atoms with Crippen molar-refractivity contribution in [2.75, 3.05) is 50.0 Å². The Hall–Kier alpha value is 0.220. The van der Waals surface area contributed by atoms with E-state index in [2.05, 4.69) is 21.6 Å². The van der Waals surface area contributed by atoms with Crippen LogP contribution in [-0.4, -0.2) is 79.5 Å². The maximum absolute atomic E-state index is 11.6. The van der Waals surface area contributed by atoms with Crippen molar-refractivity contribution in [3.63, 3.8) is 0 Å². The first kappa shape index (κ1) is 17.1. The van der Waals surface area contributed by atoms with Gasteiger partial charge in [0.15, 0.2) is 9.84 Å². The molecule has 3 aliphatic rings. The molecule has 0 aromatic carbocycles. The molecule has 128 valence electrons. The topological polar surface area (TPSA) is 40.6 Å². The Bertz CT molecular complexity index is 441. The van der Waals surface area contributed by atoms with Gasteiger partial charge in [-0.15, -0.1) is 0 Å². The van der Waals surface area contributed by atoms with E-state index in [1.165, 1.54) is 44.4 Å². The van der Waals surface area contributed by atoms with E-state index in [-0.39, 0.29) is 0 Å². The van der Waals surface area contributed by atoms with Crippen molar-refractivity contribution in [3.8, 4) is 0 Å². The average molecular weight is 347 g/mol. The molecule has 6 heteroatoms.